The summed E-state index contributed by atoms with van der Waals surface area (Å²) in [6.07, 6.45) is 0.372. The number of aliphatic hydroxyl groups is 1. The molecule has 2 atom stereocenters. The first-order valence-corrected chi connectivity index (χ1v) is 8.32. The average molecular weight is 327 g/mol. The topological polar surface area (TPSA) is 66.8 Å². The number of hydrogen-bond donors (Lipinski definition) is 1. The van der Waals surface area contributed by atoms with E-state index >= 15 is 0 Å². The van der Waals surface area contributed by atoms with Crippen molar-refractivity contribution in [2.75, 3.05) is 0 Å². The van der Waals surface area contributed by atoms with Crippen LogP contribution in [0.15, 0.2) is 0 Å². The predicted octanol–water partition coefficient (Wildman–Crippen LogP) is 3.31. The molecule has 0 bridgehead atoms. The van der Waals surface area contributed by atoms with Crippen LogP contribution in [-0.4, -0.2) is 33.2 Å². The summed E-state index contributed by atoms with van der Waals surface area (Å²) in [4.78, 5) is 30.9. The van der Waals surface area contributed by atoms with Gasteiger partial charge in [0.15, 0.2) is 5.79 Å². The van der Waals surface area contributed by atoms with Gasteiger partial charge in [-0.1, -0.05) is 55.4 Å². The molecule has 23 heavy (non-hydrogen) atoms. The van der Waals surface area contributed by atoms with Crippen LogP contribution in [0.25, 0.3) is 0 Å². The number of Topliss-reactive ketones (excluding diaryl/α,β-unsaturated/α-hetero) is 1. The van der Waals surface area contributed by atoms with Crippen molar-refractivity contribution in [2.24, 2.45) is 16.7 Å². The fraction of sp³-hybridized carbons (Fsp3) is 0.889. The Balaban J connectivity index is 3.24. The lowest BCUT2D eigenvalue weighted by molar-refractivity contribution is -0.318. The molecule has 0 aromatic carbocycles. The zero-order valence-corrected chi connectivity index (χ0v) is 16.1. The Labute approximate surface area is 140 Å². The van der Waals surface area contributed by atoms with E-state index in [0.29, 0.717) is 0 Å². The Hall–Kier alpha value is -0.940. The van der Waals surface area contributed by atoms with Gasteiger partial charge in [-0.15, -0.1) is 0 Å². The Kier molecular flexibility index (Phi) is 5.11. The normalized spacial score (nSPS) is 29.3. The standard InChI is InChI=1S/C18H33NO4/c1-12(2)14(21)19-17(9,10-13(20)15(3,4)5)11-18(22,23-19)16(6,7)8/h12,22H,10-11H2,1-9H3/t17-,18+/m1/s1. The first-order chi connectivity index (χ1) is 10.0. The van der Waals surface area contributed by atoms with Gasteiger partial charge < -0.3 is 5.11 Å². The first-order valence-electron chi connectivity index (χ1n) is 8.32. The molecule has 0 saturated carbocycles. The van der Waals surface area contributed by atoms with Crippen LogP contribution < -0.4 is 0 Å². The number of carbonyl (C=O) groups excluding carboxylic acids is 2. The van der Waals surface area contributed by atoms with Gasteiger partial charge in [0, 0.05) is 29.6 Å². The largest absolute Gasteiger partial charge is 0.363 e. The van der Waals surface area contributed by atoms with Gasteiger partial charge in [-0.25, -0.2) is 9.90 Å². The summed E-state index contributed by atoms with van der Waals surface area (Å²) in [5, 5.41) is 12.2. The minimum atomic E-state index is -1.48. The van der Waals surface area contributed by atoms with Crippen molar-refractivity contribution in [2.45, 2.75) is 86.5 Å². The summed E-state index contributed by atoms with van der Waals surface area (Å²) in [6, 6.07) is 0. The molecule has 5 nitrogen and oxygen atoms in total. The molecule has 5 heteroatoms. The van der Waals surface area contributed by atoms with Gasteiger partial charge in [0.2, 0.25) is 5.91 Å². The Morgan fingerprint density at radius 2 is 1.65 bits per heavy atom. The highest BCUT2D eigenvalue weighted by Gasteiger charge is 2.59. The van der Waals surface area contributed by atoms with Gasteiger partial charge in [0.1, 0.15) is 5.78 Å². The van der Waals surface area contributed by atoms with Crippen LogP contribution in [-0.2, 0) is 14.4 Å². The molecule has 1 N–H and O–H groups in total. The molecule has 1 heterocycles. The average Bonchev–Trinajstić information content (AvgIpc) is 2.59. The number of carbonyl (C=O) groups is 2. The van der Waals surface area contributed by atoms with Crippen molar-refractivity contribution < 1.29 is 19.5 Å². The lowest BCUT2D eigenvalue weighted by atomic mass is 9.75. The van der Waals surface area contributed by atoms with Crippen LogP contribution in [0.5, 0.6) is 0 Å². The molecule has 1 fully saturated rings. The summed E-state index contributed by atoms with van der Waals surface area (Å²) in [5.74, 6) is -1.93. The van der Waals surface area contributed by atoms with Crippen molar-refractivity contribution in [1.29, 1.82) is 0 Å². The molecule has 1 rings (SSSR count). The maximum atomic E-state index is 12.6. The highest BCUT2D eigenvalue weighted by molar-refractivity contribution is 5.86. The summed E-state index contributed by atoms with van der Waals surface area (Å²) in [7, 11) is 0. The second-order valence-corrected chi connectivity index (χ2v) is 9.44. The summed E-state index contributed by atoms with van der Waals surface area (Å²) < 4.78 is 0. The molecule has 1 aliphatic heterocycles. The van der Waals surface area contributed by atoms with E-state index in [2.05, 4.69) is 0 Å². The van der Waals surface area contributed by atoms with Crippen LogP contribution in [0.2, 0.25) is 0 Å². The molecule has 1 saturated heterocycles. The summed E-state index contributed by atoms with van der Waals surface area (Å²) >= 11 is 0. The molecule has 1 aliphatic rings. The minimum Gasteiger partial charge on any atom is -0.363 e. The van der Waals surface area contributed by atoms with Gasteiger partial charge >= 0.3 is 0 Å². The van der Waals surface area contributed by atoms with Gasteiger partial charge in [-0.05, 0) is 6.92 Å². The van der Waals surface area contributed by atoms with Crippen LogP contribution in [0.4, 0.5) is 0 Å². The van der Waals surface area contributed by atoms with E-state index in [1.807, 2.05) is 48.5 Å². The van der Waals surface area contributed by atoms with Gasteiger partial charge in [0.05, 0.1) is 5.54 Å². The van der Waals surface area contributed by atoms with Crippen molar-refractivity contribution in [3.8, 4) is 0 Å². The SMILES string of the molecule is CC(C)C(=O)N1O[C@](O)(C(C)(C)C)C[C@@]1(C)CC(=O)C(C)(C)C. The number of amides is 1. The van der Waals surface area contributed by atoms with Crippen LogP contribution in [0.3, 0.4) is 0 Å². The number of ketones is 1. The quantitative estimate of drug-likeness (QED) is 0.863. The third-order valence-electron chi connectivity index (χ3n) is 4.60. The molecular weight excluding hydrogens is 294 g/mol. The predicted molar refractivity (Wildman–Crippen MR) is 89.3 cm³/mol. The van der Waals surface area contributed by atoms with E-state index < -0.39 is 22.2 Å². The molecule has 134 valence electrons. The first kappa shape index (κ1) is 20.1. The van der Waals surface area contributed by atoms with Crippen molar-refractivity contribution in [3.05, 3.63) is 0 Å². The highest BCUT2D eigenvalue weighted by Crippen LogP contribution is 2.49. The number of hydrogen-bond acceptors (Lipinski definition) is 4. The van der Waals surface area contributed by atoms with Gasteiger partial charge in [-0.2, -0.15) is 0 Å². The zero-order chi connectivity index (χ0) is 18.4. The van der Waals surface area contributed by atoms with E-state index in [1.165, 1.54) is 5.06 Å². The Morgan fingerprint density at radius 3 is 2.00 bits per heavy atom. The van der Waals surface area contributed by atoms with E-state index in [-0.39, 0.29) is 30.4 Å². The van der Waals surface area contributed by atoms with Crippen molar-refractivity contribution in [3.63, 3.8) is 0 Å². The molecule has 0 unspecified atom stereocenters. The maximum Gasteiger partial charge on any atom is 0.249 e. The van der Waals surface area contributed by atoms with Crippen LogP contribution >= 0.6 is 0 Å². The second kappa shape index (κ2) is 5.85. The smallest absolute Gasteiger partial charge is 0.249 e. The molecule has 0 aromatic rings. The van der Waals surface area contributed by atoms with Crippen LogP contribution in [0, 0.1) is 16.7 Å². The minimum absolute atomic E-state index is 0.0447. The molecule has 0 aromatic heterocycles. The number of nitrogens with zero attached hydrogens (tertiary/aromatic N) is 1. The molecule has 0 spiro atoms. The summed E-state index contributed by atoms with van der Waals surface area (Å²) in [5.41, 5.74) is -1.93. The Bertz CT molecular complexity index is 486. The Morgan fingerprint density at radius 1 is 1.17 bits per heavy atom. The van der Waals surface area contributed by atoms with Gasteiger partial charge in [0.25, 0.3) is 0 Å². The lowest BCUT2D eigenvalue weighted by Gasteiger charge is -2.35. The highest BCUT2D eigenvalue weighted by atomic mass is 16.8. The molecule has 0 aliphatic carbocycles. The lowest BCUT2D eigenvalue weighted by Crippen LogP contribution is -2.48. The second-order valence-electron chi connectivity index (χ2n) is 9.44. The van der Waals surface area contributed by atoms with E-state index in [9.17, 15) is 14.7 Å². The van der Waals surface area contributed by atoms with E-state index in [1.54, 1.807) is 13.8 Å². The molecule has 1 amide bonds. The van der Waals surface area contributed by atoms with Gasteiger partial charge in [-0.3, -0.25) is 9.59 Å². The summed E-state index contributed by atoms with van der Waals surface area (Å²) in [6.45, 7) is 16.6. The fourth-order valence-electron chi connectivity index (χ4n) is 2.57. The van der Waals surface area contributed by atoms with Crippen LogP contribution in [0.1, 0.15) is 75.2 Å². The molecule has 0 radical (unpaired) electrons. The number of rotatable bonds is 3. The van der Waals surface area contributed by atoms with E-state index in [4.69, 9.17) is 4.84 Å². The third kappa shape index (κ3) is 3.94. The zero-order valence-electron chi connectivity index (χ0n) is 16.1. The van der Waals surface area contributed by atoms with Crippen molar-refractivity contribution in [1.82, 2.24) is 5.06 Å². The maximum absolute atomic E-state index is 12.6. The fourth-order valence-corrected chi connectivity index (χ4v) is 2.57. The van der Waals surface area contributed by atoms with E-state index in [0.717, 1.165) is 0 Å². The number of hydroxylamine groups is 2. The molecular formula is C18H33NO4. The monoisotopic (exact) mass is 327 g/mol. The van der Waals surface area contributed by atoms with Crippen molar-refractivity contribution >= 4 is 11.7 Å². The third-order valence-corrected chi connectivity index (χ3v) is 4.60.